The fourth-order valence-electron chi connectivity index (χ4n) is 3.11. The third kappa shape index (κ3) is 6.12. The lowest BCUT2D eigenvalue weighted by Crippen LogP contribution is -2.37. The minimum atomic E-state index is 0. The van der Waals surface area contributed by atoms with Gasteiger partial charge in [-0.05, 0) is 25.8 Å². The fourth-order valence-corrected chi connectivity index (χ4v) is 3.11. The Bertz CT molecular complexity index is 742. The molecule has 1 aromatic carbocycles. The van der Waals surface area contributed by atoms with Crippen molar-refractivity contribution in [1.29, 1.82) is 0 Å². The van der Waals surface area contributed by atoms with Crippen LogP contribution in [0.1, 0.15) is 43.3 Å². The molecule has 0 aliphatic carbocycles. The van der Waals surface area contributed by atoms with Gasteiger partial charge in [-0.2, -0.15) is 5.10 Å². The summed E-state index contributed by atoms with van der Waals surface area (Å²) in [6, 6.07) is 7.97. The number of para-hydroxylation sites is 1. The average molecular weight is 485 g/mol. The van der Waals surface area contributed by atoms with Crippen molar-refractivity contribution in [2.75, 3.05) is 13.7 Å². The first-order valence-electron chi connectivity index (χ1n) is 9.32. The molecule has 7 heteroatoms. The molecule has 0 bridgehead atoms. The molecule has 0 fully saturated rings. The minimum Gasteiger partial charge on any atom is -0.496 e. The van der Waals surface area contributed by atoms with Crippen molar-refractivity contribution in [3.63, 3.8) is 0 Å². The van der Waals surface area contributed by atoms with Gasteiger partial charge in [0.05, 0.1) is 19.3 Å². The van der Waals surface area contributed by atoms with Gasteiger partial charge in [-0.25, -0.2) is 4.99 Å². The van der Waals surface area contributed by atoms with E-state index in [1.54, 1.807) is 7.11 Å². The van der Waals surface area contributed by atoms with Crippen LogP contribution in [-0.2, 0) is 33.0 Å². The van der Waals surface area contributed by atoms with Crippen molar-refractivity contribution >= 4 is 29.9 Å². The Hall–Kier alpha value is -1.77. The molecule has 2 N–H and O–H groups in total. The number of halogens is 1. The van der Waals surface area contributed by atoms with E-state index < -0.39 is 0 Å². The Kier molecular flexibility index (Phi) is 10.2. The molecule has 150 valence electrons. The first-order valence-corrected chi connectivity index (χ1v) is 9.32. The first-order chi connectivity index (χ1) is 12.6. The summed E-state index contributed by atoms with van der Waals surface area (Å²) in [6.45, 7) is 8.48. The third-order valence-electron chi connectivity index (χ3n) is 4.40. The minimum absolute atomic E-state index is 0. The number of ether oxygens (including phenoxy) is 1. The number of rotatable bonds is 8. The quantitative estimate of drug-likeness (QED) is 0.342. The van der Waals surface area contributed by atoms with Crippen LogP contribution in [0, 0.1) is 0 Å². The number of benzene rings is 1. The number of guanidine groups is 1. The molecule has 2 aromatic rings. The van der Waals surface area contributed by atoms with E-state index in [4.69, 9.17) is 9.73 Å². The van der Waals surface area contributed by atoms with Gasteiger partial charge >= 0.3 is 0 Å². The maximum atomic E-state index is 5.41. The summed E-state index contributed by atoms with van der Waals surface area (Å²) in [6.07, 6.45) is 1.90. The summed E-state index contributed by atoms with van der Waals surface area (Å²) in [7, 11) is 3.70. The van der Waals surface area contributed by atoms with E-state index in [1.807, 2.05) is 36.0 Å². The van der Waals surface area contributed by atoms with Gasteiger partial charge in [0.15, 0.2) is 5.96 Å². The molecule has 2 rings (SSSR count). The topological polar surface area (TPSA) is 63.5 Å². The van der Waals surface area contributed by atoms with Crippen molar-refractivity contribution in [2.24, 2.45) is 12.0 Å². The lowest BCUT2D eigenvalue weighted by atomic mass is 10.1. The Morgan fingerprint density at radius 2 is 1.89 bits per heavy atom. The van der Waals surface area contributed by atoms with E-state index in [9.17, 15) is 0 Å². The lowest BCUT2D eigenvalue weighted by molar-refractivity contribution is 0.410. The molecule has 0 atom stereocenters. The van der Waals surface area contributed by atoms with Crippen molar-refractivity contribution in [2.45, 2.75) is 46.7 Å². The highest BCUT2D eigenvalue weighted by Gasteiger charge is 2.13. The van der Waals surface area contributed by atoms with Crippen LogP contribution in [0.4, 0.5) is 0 Å². The van der Waals surface area contributed by atoms with Crippen LogP contribution >= 0.6 is 24.0 Å². The van der Waals surface area contributed by atoms with Crippen LogP contribution in [0.25, 0.3) is 0 Å². The van der Waals surface area contributed by atoms with E-state index in [0.717, 1.165) is 48.9 Å². The summed E-state index contributed by atoms with van der Waals surface area (Å²) in [4.78, 5) is 4.71. The fraction of sp³-hybridized carbons (Fsp3) is 0.500. The van der Waals surface area contributed by atoms with Crippen LogP contribution in [0.5, 0.6) is 5.75 Å². The molecule has 0 amide bonds. The van der Waals surface area contributed by atoms with E-state index in [-0.39, 0.29) is 24.0 Å². The van der Waals surface area contributed by atoms with Gasteiger partial charge < -0.3 is 15.4 Å². The van der Waals surface area contributed by atoms with Crippen LogP contribution in [0.3, 0.4) is 0 Å². The van der Waals surface area contributed by atoms with Crippen LogP contribution in [0.2, 0.25) is 0 Å². The van der Waals surface area contributed by atoms with Crippen molar-refractivity contribution < 1.29 is 4.74 Å². The number of hydrogen-bond acceptors (Lipinski definition) is 3. The number of aryl methyl sites for hydroxylation is 2. The van der Waals surface area contributed by atoms with Crippen LogP contribution in [-0.4, -0.2) is 29.4 Å². The molecule has 0 unspecified atom stereocenters. The SMILES string of the molecule is CCNC(=NCc1ccccc1OC)NCc1c(CC)nn(C)c1CC.I. The predicted octanol–water partition coefficient (Wildman–Crippen LogP) is 3.43. The molecule has 0 radical (unpaired) electrons. The number of aromatic nitrogens is 2. The maximum absolute atomic E-state index is 5.41. The average Bonchev–Trinajstić information content (AvgIpc) is 2.98. The summed E-state index contributed by atoms with van der Waals surface area (Å²) < 4.78 is 7.40. The number of hydrogen-bond donors (Lipinski definition) is 2. The monoisotopic (exact) mass is 485 g/mol. The zero-order valence-electron chi connectivity index (χ0n) is 17.0. The van der Waals surface area contributed by atoms with Crippen molar-refractivity contribution in [3.8, 4) is 5.75 Å². The highest BCUT2D eigenvalue weighted by atomic mass is 127. The Morgan fingerprint density at radius 1 is 1.15 bits per heavy atom. The maximum Gasteiger partial charge on any atom is 0.191 e. The molecule has 1 aromatic heterocycles. The Morgan fingerprint density at radius 3 is 2.52 bits per heavy atom. The van der Waals surface area contributed by atoms with E-state index in [0.29, 0.717) is 6.54 Å². The normalized spacial score (nSPS) is 11.1. The molecular weight excluding hydrogens is 453 g/mol. The van der Waals surface area contributed by atoms with Gasteiger partial charge in [-0.1, -0.05) is 32.0 Å². The zero-order valence-corrected chi connectivity index (χ0v) is 19.3. The van der Waals surface area contributed by atoms with E-state index >= 15 is 0 Å². The smallest absolute Gasteiger partial charge is 0.191 e. The van der Waals surface area contributed by atoms with Gasteiger partial charge in [-0.15, -0.1) is 24.0 Å². The molecule has 1 heterocycles. The lowest BCUT2D eigenvalue weighted by Gasteiger charge is -2.13. The number of nitrogens with zero attached hydrogens (tertiary/aromatic N) is 3. The summed E-state index contributed by atoms with van der Waals surface area (Å²) in [5.41, 5.74) is 4.77. The third-order valence-corrected chi connectivity index (χ3v) is 4.40. The molecule has 0 aliphatic heterocycles. The van der Waals surface area contributed by atoms with Gasteiger partial charge in [0.1, 0.15) is 5.75 Å². The van der Waals surface area contributed by atoms with Crippen LogP contribution in [0.15, 0.2) is 29.3 Å². The highest BCUT2D eigenvalue weighted by Crippen LogP contribution is 2.18. The Balaban J connectivity index is 0.00000364. The number of aliphatic imine (C=N–C) groups is 1. The first kappa shape index (κ1) is 23.3. The Labute approximate surface area is 179 Å². The largest absolute Gasteiger partial charge is 0.496 e. The molecule has 0 saturated carbocycles. The van der Waals surface area contributed by atoms with Crippen molar-refractivity contribution in [3.05, 3.63) is 46.8 Å². The molecule has 0 spiro atoms. The second-order valence-electron chi connectivity index (χ2n) is 6.06. The van der Waals surface area contributed by atoms with E-state index in [2.05, 4.69) is 36.5 Å². The zero-order chi connectivity index (χ0) is 18.9. The second-order valence-corrected chi connectivity index (χ2v) is 6.06. The van der Waals surface area contributed by atoms with Gasteiger partial charge in [0, 0.05) is 37.0 Å². The van der Waals surface area contributed by atoms with Gasteiger partial charge in [0.25, 0.3) is 0 Å². The highest BCUT2D eigenvalue weighted by molar-refractivity contribution is 14.0. The molecule has 0 saturated heterocycles. The number of methoxy groups -OCH3 is 1. The van der Waals surface area contributed by atoms with Crippen LogP contribution < -0.4 is 15.4 Å². The summed E-state index contributed by atoms with van der Waals surface area (Å²) in [5, 5.41) is 11.4. The number of nitrogens with one attached hydrogen (secondary N) is 2. The molecule has 6 nitrogen and oxygen atoms in total. The molecule has 27 heavy (non-hydrogen) atoms. The van der Waals surface area contributed by atoms with Crippen molar-refractivity contribution in [1.82, 2.24) is 20.4 Å². The summed E-state index contributed by atoms with van der Waals surface area (Å²) >= 11 is 0. The predicted molar refractivity (Wildman–Crippen MR) is 122 cm³/mol. The van der Waals surface area contributed by atoms with Gasteiger partial charge in [0.2, 0.25) is 0 Å². The molecular formula is C20H32IN5O. The standard InChI is InChI=1S/C20H31N5O.HI/c1-6-17-16(18(7-2)25(4)24-17)14-23-20(21-8-3)22-13-15-11-9-10-12-19(15)26-5;/h9-12H,6-8,13-14H2,1-5H3,(H2,21,22,23);1H. The van der Waals surface area contributed by atoms with Gasteiger partial charge in [-0.3, -0.25) is 4.68 Å². The summed E-state index contributed by atoms with van der Waals surface area (Å²) in [5.74, 6) is 1.66. The molecule has 0 aliphatic rings. The van der Waals surface area contributed by atoms with E-state index in [1.165, 1.54) is 11.3 Å². The second kappa shape index (κ2) is 11.8.